The summed E-state index contributed by atoms with van der Waals surface area (Å²) >= 11 is 0. The van der Waals surface area contributed by atoms with Gasteiger partial charge in [0, 0.05) is 12.8 Å². The quantitative estimate of drug-likeness (QED) is 0.0156. The first-order chi connectivity index (χ1) is 27.4. The number of carbonyl (C=O) groups is 2. The van der Waals surface area contributed by atoms with Gasteiger partial charge in [0.2, 0.25) is 0 Å². The minimum atomic E-state index is -5.12. The summed E-state index contributed by atoms with van der Waals surface area (Å²) in [6, 6.07) is 0. The first-order valence-electron chi connectivity index (χ1n) is 21.8. The molecule has 57 heavy (non-hydrogen) atoms. The van der Waals surface area contributed by atoms with E-state index >= 15 is 0 Å². The van der Waals surface area contributed by atoms with E-state index in [1.165, 1.54) is 38.5 Å². The Labute approximate surface area is 342 Å². The zero-order valence-corrected chi connectivity index (χ0v) is 35.8. The Morgan fingerprint density at radius 2 is 0.982 bits per heavy atom. The van der Waals surface area contributed by atoms with Crippen molar-refractivity contribution in [2.24, 2.45) is 0 Å². The number of esters is 2. The van der Waals surface area contributed by atoms with Crippen LogP contribution < -0.4 is 0 Å². The molecule has 6 atom stereocenters. The van der Waals surface area contributed by atoms with Crippen LogP contribution in [0.3, 0.4) is 0 Å². The molecule has 13 nitrogen and oxygen atoms in total. The lowest BCUT2D eigenvalue weighted by Crippen LogP contribution is -2.64. The molecular weight excluding hydrogens is 755 g/mol. The van der Waals surface area contributed by atoms with Gasteiger partial charge in [0.1, 0.15) is 43.2 Å². The predicted molar refractivity (Wildman–Crippen MR) is 221 cm³/mol. The number of carbonyl (C=O) groups excluding carboxylic acids is 2. The van der Waals surface area contributed by atoms with Crippen LogP contribution in [0.2, 0.25) is 0 Å². The molecular formula is C43H77O13P. The zero-order chi connectivity index (χ0) is 42.2. The van der Waals surface area contributed by atoms with Crippen LogP contribution in [0.5, 0.6) is 0 Å². The minimum Gasteiger partial charge on any atom is -0.462 e. The largest absolute Gasteiger partial charge is 0.472 e. The van der Waals surface area contributed by atoms with Gasteiger partial charge in [0.25, 0.3) is 0 Å². The summed E-state index contributed by atoms with van der Waals surface area (Å²) in [5, 5.41) is 50.0. The van der Waals surface area contributed by atoms with Crippen LogP contribution in [-0.4, -0.2) is 98.3 Å². The van der Waals surface area contributed by atoms with Crippen LogP contribution >= 0.6 is 7.82 Å². The summed E-state index contributed by atoms with van der Waals surface area (Å²) in [6.07, 6.45) is 23.5. The Morgan fingerprint density at radius 3 is 1.51 bits per heavy atom. The Bertz CT molecular complexity index is 1150. The molecule has 0 aliphatic heterocycles. The predicted octanol–water partition coefficient (Wildman–Crippen LogP) is 7.83. The van der Waals surface area contributed by atoms with Gasteiger partial charge in [-0.1, -0.05) is 127 Å². The van der Waals surface area contributed by atoms with E-state index in [2.05, 4.69) is 50.3 Å². The van der Waals surface area contributed by atoms with Crippen molar-refractivity contribution in [3.8, 4) is 0 Å². The maximum atomic E-state index is 12.8. The number of rotatable bonds is 35. The van der Waals surface area contributed by atoms with Crippen LogP contribution in [0.25, 0.3) is 0 Å². The fraction of sp³-hybridized carbons (Fsp3) is 0.814. The number of ether oxygens (including phenoxy) is 2. The Morgan fingerprint density at radius 1 is 0.544 bits per heavy atom. The van der Waals surface area contributed by atoms with Crippen LogP contribution in [-0.2, 0) is 32.7 Å². The van der Waals surface area contributed by atoms with Crippen molar-refractivity contribution in [3.63, 3.8) is 0 Å². The lowest BCUT2D eigenvalue weighted by atomic mass is 9.85. The van der Waals surface area contributed by atoms with Gasteiger partial charge in [-0.15, -0.1) is 0 Å². The van der Waals surface area contributed by atoms with E-state index in [1.54, 1.807) is 0 Å². The summed E-state index contributed by atoms with van der Waals surface area (Å²) in [5.74, 6) is -1.13. The van der Waals surface area contributed by atoms with Crippen molar-refractivity contribution >= 4 is 19.8 Å². The van der Waals surface area contributed by atoms with Crippen LogP contribution in [0.4, 0.5) is 0 Å². The topological polar surface area (TPSA) is 210 Å². The van der Waals surface area contributed by atoms with Crippen molar-refractivity contribution in [1.82, 2.24) is 0 Å². The average Bonchev–Trinajstić information content (AvgIpc) is 3.19. The van der Waals surface area contributed by atoms with E-state index in [9.17, 15) is 44.6 Å². The molecule has 1 aliphatic rings. The summed E-state index contributed by atoms with van der Waals surface area (Å²) in [4.78, 5) is 35.6. The van der Waals surface area contributed by atoms with E-state index < -0.39 is 75.7 Å². The fourth-order valence-corrected chi connectivity index (χ4v) is 7.35. The van der Waals surface area contributed by atoms with Crippen LogP contribution in [0.15, 0.2) is 36.5 Å². The highest BCUT2D eigenvalue weighted by molar-refractivity contribution is 7.47. The van der Waals surface area contributed by atoms with Crippen LogP contribution in [0, 0.1) is 0 Å². The first-order valence-corrected chi connectivity index (χ1v) is 23.3. The molecule has 0 saturated heterocycles. The third-order valence-corrected chi connectivity index (χ3v) is 10.9. The second-order valence-corrected chi connectivity index (χ2v) is 16.6. The lowest BCUT2D eigenvalue weighted by Gasteiger charge is -2.41. The van der Waals surface area contributed by atoms with E-state index in [0.29, 0.717) is 12.8 Å². The molecule has 0 aromatic carbocycles. The molecule has 332 valence electrons. The van der Waals surface area contributed by atoms with Crippen molar-refractivity contribution in [2.75, 3.05) is 13.2 Å². The molecule has 1 saturated carbocycles. The van der Waals surface area contributed by atoms with E-state index in [4.69, 9.17) is 18.5 Å². The van der Waals surface area contributed by atoms with Gasteiger partial charge in [0.15, 0.2) is 6.10 Å². The lowest BCUT2D eigenvalue weighted by molar-refractivity contribution is -0.220. The zero-order valence-electron chi connectivity index (χ0n) is 34.9. The number of unbranched alkanes of at least 4 members (excludes halogenated alkanes) is 17. The van der Waals surface area contributed by atoms with Gasteiger partial charge in [-0.3, -0.25) is 18.6 Å². The average molecular weight is 833 g/mol. The molecule has 1 aliphatic carbocycles. The third kappa shape index (κ3) is 26.7. The standard InChI is InChI=1S/C43H77O13P/c1-3-5-7-9-11-13-15-17-18-20-21-23-25-27-29-31-36(44)53-33-35(34-54-57(51,52)56-43-41(49)39(47)38(46)40(48)42(43)50)55-37(45)32-30-28-26-24-22-19-16-14-12-10-8-6-4-2/h8,10,14,16-18,35,38-43,46-50H,3-7,9,11-13,15,19-34H2,1-2H3,(H,51,52)/b10-8-,16-14-,18-17-. The molecule has 0 radical (unpaired) electrons. The van der Waals surface area contributed by atoms with E-state index in [0.717, 1.165) is 89.9 Å². The number of aliphatic hydroxyl groups is 5. The minimum absolute atomic E-state index is 0.0786. The Kier molecular flexibility index (Phi) is 31.5. The number of phosphoric acid groups is 1. The maximum absolute atomic E-state index is 12.8. The second kappa shape index (κ2) is 33.9. The summed E-state index contributed by atoms with van der Waals surface area (Å²) in [5.41, 5.74) is 0. The highest BCUT2D eigenvalue weighted by Crippen LogP contribution is 2.47. The Balaban J connectivity index is 2.50. The molecule has 0 bridgehead atoms. The number of allylic oxidation sites excluding steroid dienone is 6. The van der Waals surface area contributed by atoms with Crippen molar-refractivity contribution < 1.29 is 63.1 Å². The maximum Gasteiger partial charge on any atom is 0.472 e. The summed E-state index contributed by atoms with van der Waals surface area (Å²) < 4.78 is 33.4. The van der Waals surface area contributed by atoms with E-state index in [-0.39, 0.29) is 12.8 Å². The molecule has 0 aromatic heterocycles. The van der Waals surface area contributed by atoms with E-state index in [1.807, 2.05) is 0 Å². The molecule has 6 unspecified atom stereocenters. The van der Waals surface area contributed by atoms with Crippen molar-refractivity contribution in [3.05, 3.63) is 36.5 Å². The first kappa shape index (κ1) is 53.1. The molecule has 6 N–H and O–H groups in total. The van der Waals surface area contributed by atoms with Gasteiger partial charge in [-0.05, 0) is 64.2 Å². The van der Waals surface area contributed by atoms with Crippen molar-refractivity contribution in [2.45, 2.75) is 211 Å². The number of aliphatic hydroxyl groups excluding tert-OH is 5. The smallest absolute Gasteiger partial charge is 0.462 e. The Hall–Kier alpha value is -1.93. The van der Waals surface area contributed by atoms with Gasteiger partial charge in [0.05, 0.1) is 6.61 Å². The summed E-state index contributed by atoms with van der Waals surface area (Å²) in [6.45, 7) is 3.19. The molecule has 0 aromatic rings. The van der Waals surface area contributed by atoms with Gasteiger partial charge < -0.3 is 39.9 Å². The molecule has 0 amide bonds. The number of phosphoric ester groups is 1. The third-order valence-electron chi connectivity index (χ3n) is 9.93. The highest BCUT2D eigenvalue weighted by Gasteiger charge is 2.51. The normalized spacial score (nSPS) is 23.0. The van der Waals surface area contributed by atoms with Crippen molar-refractivity contribution in [1.29, 1.82) is 0 Å². The van der Waals surface area contributed by atoms with Gasteiger partial charge in [-0.25, -0.2) is 4.57 Å². The monoisotopic (exact) mass is 833 g/mol. The molecule has 1 fully saturated rings. The molecule has 1 rings (SSSR count). The molecule has 0 spiro atoms. The second-order valence-electron chi connectivity index (χ2n) is 15.2. The fourth-order valence-electron chi connectivity index (χ4n) is 6.38. The molecule has 14 heteroatoms. The van der Waals surface area contributed by atoms with Gasteiger partial charge >= 0.3 is 19.8 Å². The van der Waals surface area contributed by atoms with Crippen LogP contribution in [0.1, 0.15) is 168 Å². The summed E-state index contributed by atoms with van der Waals surface area (Å²) in [7, 11) is -5.12. The highest BCUT2D eigenvalue weighted by atomic mass is 31.2. The SMILES string of the molecule is CCC/C=C\C/C=C\CCCCCCCC(=O)OC(COC(=O)CCCCCCC/C=C\CCCCCCCC)COP(=O)(O)OC1C(O)C(O)C(O)C(O)C1O. The number of hydrogen-bond acceptors (Lipinski definition) is 12. The van der Waals surface area contributed by atoms with Gasteiger partial charge in [-0.2, -0.15) is 0 Å². The number of hydrogen-bond donors (Lipinski definition) is 6. The molecule has 0 heterocycles.